The maximum absolute atomic E-state index is 11.9. The number of rotatable bonds is 5. The van der Waals surface area contributed by atoms with Gasteiger partial charge in [0.25, 0.3) is 0 Å². The van der Waals surface area contributed by atoms with Crippen molar-refractivity contribution in [1.29, 1.82) is 0 Å². The van der Waals surface area contributed by atoms with Crippen LogP contribution in [0.3, 0.4) is 0 Å². The number of carbonyl (C=O) groups excluding carboxylic acids is 1. The molecule has 0 spiro atoms. The van der Waals surface area contributed by atoms with Crippen molar-refractivity contribution >= 4 is 21.7 Å². The first-order valence-electron chi connectivity index (χ1n) is 6.84. The Hall–Kier alpha value is -1.11. The second kappa shape index (κ2) is 6.11. The Bertz CT molecular complexity index is 485. The fourth-order valence-corrected chi connectivity index (χ4v) is 3.35. The summed E-state index contributed by atoms with van der Waals surface area (Å²) in [5.74, 6) is -2.82. The van der Waals surface area contributed by atoms with E-state index < -0.39 is 44.2 Å². The Morgan fingerprint density at radius 2 is 1.95 bits per heavy atom. The molecule has 1 fully saturated rings. The van der Waals surface area contributed by atoms with Crippen LogP contribution in [0.15, 0.2) is 0 Å². The smallest absolute Gasteiger partial charge is 0.308 e. The predicted molar refractivity (Wildman–Crippen MR) is 75.1 cm³/mol. The van der Waals surface area contributed by atoms with Gasteiger partial charge in [0, 0.05) is 0 Å². The van der Waals surface area contributed by atoms with Gasteiger partial charge in [-0.15, -0.1) is 0 Å². The first-order valence-corrected chi connectivity index (χ1v) is 8.55. The van der Waals surface area contributed by atoms with E-state index in [1.807, 2.05) is 0 Å². The first kappa shape index (κ1) is 16.9. The van der Waals surface area contributed by atoms with Gasteiger partial charge in [-0.25, -0.2) is 8.42 Å². The summed E-state index contributed by atoms with van der Waals surface area (Å²) in [7, 11) is -3.47. The van der Waals surface area contributed by atoms with Gasteiger partial charge in [-0.05, 0) is 33.6 Å². The lowest BCUT2D eigenvalue weighted by atomic mass is 9.74. The molecular weight excluding hydrogens is 282 g/mol. The molecule has 1 aliphatic rings. The summed E-state index contributed by atoms with van der Waals surface area (Å²) < 4.78 is 23.5. The van der Waals surface area contributed by atoms with E-state index in [-0.39, 0.29) is 0 Å². The molecule has 1 saturated carbocycles. The van der Waals surface area contributed by atoms with E-state index in [9.17, 15) is 23.1 Å². The lowest BCUT2D eigenvalue weighted by Gasteiger charge is -2.39. The monoisotopic (exact) mass is 305 g/mol. The average molecular weight is 305 g/mol. The Balaban J connectivity index is 2.79. The van der Waals surface area contributed by atoms with Gasteiger partial charge in [0.15, 0.2) is 9.84 Å². The van der Waals surface area contributed by atoms with Gasteiger partial charge in [0.05, 0.1) is 16.7 Å². The lowest BCUT2D eigenvalue weighted by molar-refractivity contribution is -0.146. The Morgan fingerprint density at radius 1 is 1.35 bits per heavy atom. The number of carboxylic acids is 1. The molecule has 20 heavy (non-hydrogen) atoms. The third-order valence-electron chi connectivity index (χ3n) is 3.98. The number of aliphatic carboxylic acids is 1. The molecule has 1 amide bonds. The third kappa shape index (κ3) is 3.94. The standard InChI is InChI=1S/C13H23NO5S/c1-9(2)20(18,19)8-11(15)14-13(3)7-5-4-6-10(13)12(16)17/h9-10H,4-8H2,1-3H3,(H,14,15)(H,16,17). The van der Waals surface area contributed by atoms with Crippen LogP contribution in [0.4, 0.5) is 0 Å². The van der Waals surface area contributed by atoms with Crippen molar-refractivity contribution in [2.75, 3.05) is 5.75 Å². The van der Waals surface area contributed by atoms with Crippen LogP contribution in [0.25, 0.3) is 0 Å². The summed E-state index contributed by atoms with van der Waals surface area (Å²) in [6.45, 7) is 4.72. The first-order chi connectivity index (χ1) is 9.08. The summed E-state index contributed by atoms with van der Waals surface area (Å²) in [6, 6.07) is 0. The third-order valence-corrected chi connectivity index (χ3v) is 6.08. The highest BCUT2D eigenvalue weighted by atomic mass is 32.2. The summed E-state index contributed by atoms with van der Waals surface area (Å²) in [5.41, 5.74) is -0.867. The van der Waals surface area contributed by atoms with Crippen LogP contribution in [0.1, 0.15) is 46.5 Å². The van der Waals surface area contributed by atoms with E-state index in [0.717, 1.165) is 12.8 Å². The molecule has 2 atom stereocenters. The average Bonchev–Trinajstić information content (AvgIpc) is 2.26. The van der Waals surface area contributed by atoms with Gasteiger partial charge in [0.2, 0.25) is 5.91 Å². The Morgan fingerprint density at radius 3 is 2.45 bits per heavy atom. The van der Waals surface area contributed by atoms with Crippen LogP contribution in [-0.4, -0.2) is 41.9 Å². The van der Waals surface area contributed by atoms with E-state index in [0.29, 0.717) is 12.8 Å². The number of nitrogens with one attached hydrogen (secondary N) is 1. The molecular formula is C13H23NO5S. The molecule has 1 aliphatic carbocycles. The minimum atomic E-state index is -3.47. The number of sulfone groups is 1. The molecule has 0 aliphatic heterocycles. The van der Waals surface area contributed by atoms with Gasteiger partial charge >= 0.3 is 5.97 Å². The summed E-state index contributed by atoms with van der Waals surface area (Å²) >= 11 is 0. The van der Waals surface area contributed by atoms with Crippen molar-refractivity contribution in [2.45, 2.75) is 57.2 Å². The maximum atomic E-state index is 11.9. The molecule has 0 radical (unpaired) electrons. The van der Waals surface area contributed by atoms with E-state index in [2.05, 4.69) is 5.32 Å². The molecule has 0 bridgehead atoms. The zero-order valence-electron chi connectivity index (χ0n) is 12.2. The normalized spacial score (nSPS) is 27.3. The lowest BCUT2D eigenvalue weighted by Crippen LogP contribution is -2.56. The van der Waals surface area contributed by atoms with Crippen LogP contribution < -0.4 is 5.32 Å². The summed E-state index contributed by atoms with van der Waals surface area (Å²) in [5, 5.41) is 11.3. The number of carboxylic acid groups (broad SMARTS) is 1. The minimum Gasteiger partial charge on any atom is -0.481 e. The highest BCUT2D eigenvalue weighted by Gasteiger charge is 2.42. The van der Waals surface area contributed by atoms with E-state index in [1.165, 1.54) is 13.8 Å². The van der Waals surface area contributed by atoms with Gasteiger partial charge in [0.1, 0.15) is 5.75 Å². The van der Waals surface area contributed by atoms with Crippen LogP contribution in [0, 0.1) is 5.92 Å². The molecule has 0 saturated heterocycles. The molecule has 2 N–H and O–H groups in total. The molecule has 7 heteroatoms. The number of amides is 1. The number of hydrogen-bond donors (Lipinski definition) is 2. The van der Waals surface area contributed by atoms with E-state index in [4.69, 9.17) is 0 Å². The fraction of sp³-hybridized carbons (Fsp3) is 0.846. The van der Waals surface area contributed by atoms with Crippen molar-refractivity contribution in [2.24, 2.45) is 5.92 Å². The molecule has 0 aromatic carbocycles. The Kier molecular flexibility index (Phi) is 5.18. The fourth-order valence-electron chi connectivity index (χ4n) is 2.58. The molecule has 0 heterocycles. The number of hydrogen-bond acceptors (Lipinski definition) is 4. The van der Waals surface area contributed by atoms with Gasteiger partial charge in [-0.2, -0.15) is 0 Å². The summed E-state index contributed by atoms with van der Waals surface area (Å²) in [6.07, 6.45) is 2.70. The minimum absolute atomic E-state index is 0.503. The van der Waals surface area contributed by atoms with Gasteiger partial charge in [-0.1, -0.05) is 12.8 Å². The second-order valence-corrected chi connectivity index (χ2v) is 8.52. The van der Waals surface area contributed by atoms with Gasteiger partial charge < -0.3 is 10.4 Å². The molecule has 0 aromatic heterocycles. The highest BCUT2D eigenvalue weighted by molar-refractivity contribution is 7.92. The quantitative estimate of drug-likeness (QED) is 0.788. The van der Waals surface area contributed by atoms with Crippen LogP contribution in [0.2, 0.25) is 0 Å². The summed E-state index contributed by atoms with van der Waals surface area (Å²) in [4.78, 5) is 23.2. The molecule has 116 valence electrons. The van der Waals surface area contributed by atoms with Crippen molar-refractivity contribution in [1.82, 2.24) is 5.32 Å². The van der Waals surface area contributed by atoms with E-state index in [1.54, 1.807) is 6.92 Å². The largest absolute Gasteiger partial charge is 0.481 e. The molecule has 2 unspecified atom stereocenters. The van der Waals surface area contributed by atoms with Crippen LogP contribution >= 0.6 is 0 Å². The maximum Gasteiger partial charge on any atom is 0.308 e. The van der Waals surface area contributed by atoms with Crippen LogP contribution in [0.5, 0.6) is 0 Å². The van der Waals surface area contributed by atoms with Crippen molar-refractivity contribution in [3.8, 4) is 0 Å². The van der Waals surface area contributed by atoms with Crippen molar-refractivity contribution in [3.05, 3.63) is 0 Å². The molecule has 0 aromatic rings. The zero-order valence-corrected chi connectivity index (χ0v) is 13.0. The van der Waals surface area contributed by atoms with Crippen molar-refractivity contribution < 1.29 is 23.1 Å². The molecule has 6 nitrogen and oxygen atoms in total. The SMILES string of the molecule is CC(C)S(=O)(=O)CC(=O)NC1(C)CCCCC1C(=O)O. The second-order valence-electron chi connectivity index (χ2n) is 5.96. The van der Waals surface area contributed by atoms with Crippen LogP contribution in [-0.2, 0) is 19.4 Å². The Labute approximate surface area is 119 Å². The highest BCUT2D eigenvalue weighted by Crippen LogP contribution is 2.33. The zero-order chi connectivity index (χ0) is 15.6. The molecule has 1 rings (SSSR count). The predicted octanol–water partition coefficient (Wildman–Crippen LogP) is 0.959. The topological polar surface area (TPSA) is 101 Å². The van der Waals surface area contributed by atoms with Crippen molar-refractivity contribution in [3.63, 3.8) is 0 Å². The number of carbonyl (C=O) groups is 2. The van der Waals surface area contributed by atoms with E-state index >= 15 is 0 Å². The van der Waals surface area contributed by atoms with Gasteiger partial charge in [-0.3, -0.25) is 9.59 Å².